The third kappa shape index (κ3) is 3.66. The summed E-state index contributed by atoms with van der Waals surface area (Å²) in [6, 6.07) is 10.1. The van der Waals surface area contributed by atoms with Crippen molar-refractivity contribution in [1.82, 2.24) is 0 Å². The summed E-state index contributed by atoms with van der Waals surface area (Å²) in [7, 11) is 0. The van der Waals surface area contributed by atoms with Crippen LogP contribution in [0.1, 0.15) is 36.5 Å². The Hall–Kier alpha value is -2.01. The predicted molar refractivity (Wildman–Crippen MR) is 103 cm³/mol. The summed E-state index contributed by atoms with van der Waals surface area (Å²) in [5.74, 6) is 1.27. The normalized spacial score (nSPS) is 15.7. The fourth-order valence-corrected chi connectivity index (χ4v) is 3.77. The van der Waals surface area contributed by atoms with Crippen LogP contribution in [0.3, 0.4) is 0 Å². The van der Waals surface area contributed by atoms with Gasteiger partial charge in [-0.3, -0.25) is 4.79 Å². The molecule has 1 aliphatic rings. The quantitative estimate of drug-likeness (QED) is 0.750. The van der Waals surface area contributed by atoms with Gasteiger partial charge >= 0.3 is 0 Å². The Labute approximate surface area is 156 Å². The maximum atomic E-state index is 12.4. The highest BCUT2D eigenvalue weighted by atomic mass is 79.9. The molecule has 5 heteroatoms. The molecule has 1 atom stereocenters. The first-order valence-corrected chi connectivity index (χ1v) is 9.32. The number of hydrogen-bond acceptors (Lipinski definition) is 3. The van der Waals surface area contributed by atoms with E-state index in [-0.39, 0.29) is 11.8 Å². The lowest BCUT2D eigenvalue weighted by Gasteiger charge is -2.16. The monoisotopic (exact) mass is 403 g/mol. The van der Waals surface area contributed by atoms with Crippen LogP contribution in [-0.2, 0) is 11.2 Å². The van der Waals surface area contributed by atoms with E-state index in [1.807, 2.05) is 45.0 Å². The van der Waals surface area contributed by atoms with E-state index < -0.39 is 0 Å². The van der Waals surface area contributed by atoms with Gasteiger partial charge in [-0.2, -0.15) is 0 Å². The molecule has 0 aromatic heterocycles. The van der Waals surface area contributed by atoms with Crippen molar-refractivity contribution < 1.29 is 14.3 Å². The smallest absolute Gasteiger partial charge is 0.232 e. The van der Waals surface area contributed by atoms with Gasteiger partial charge in [0.25, 0.3) is 0 Å². The van der Waals surface area contributed by atoms with Gasteiger partial charge in [0.1, 0.15) is 0 Å². The number of hydrogen-bond donors (Lipinski definition) is 1. The summed E-state index contributed by atoms with van der Waals surface area (Å²) >= 11 is 3.57. The minimum Gasteiger partial charge on any atom is -0.490 e. The van der Waals surface area contributed by atoms with Crippen LogP contribution in [0.5, 0.6) is 11.5 Å². The van der Waals surface area contributed by atoms with Crippen LogP contribution >= 0.6 is 15.9 Å². The zero-order valence-electron chi connectivity index (χ0n) is 14.7. The summed E-state index contributed by atoms with van der Waals surface area (Å²) in [5, 5.41) is 2.97. The Bertz CT molecular complexity index is 804. The summed E-state index contributed by atoms with van der Waals surface area (Å²) < 4.78 is 12.3. The number of amides is 1. The molecule has 3 rings (SSSR count). The van der Waals surface area contributed by atoms with Crippen LogP contribution in [0.2, 0.25) is 0 Å². The van der Waals surface area contributed by atoms with Gasteiger partial charge in [-0.05, 0) is 72.4 Å². The second-order valence-corrected chi connectivity index (χ2v) is 6.96. The maximum Gasteiger partial charge on any atom is 0.232 e. The number of nitrogens with one attached hydrogen (secondary N) is 1. The highest BCUT2D eigenvalue weighted by Crippen LogP contribution is 2.40. The highest BCUT2D eigenvalue weighted by Gasteiger charge is 2.31. The van der Waals surface area contributed by atoms with Gasteiger partial charge in [0.05, 0.1) is 23.6 Å². The molecule has 1 aliphatic heterocycles. The predicted octanol–water partition coefficient (Wildman–Crippen LogP) is 4.83. The van der Waals surface area contributed by atoms with Crippen LogP contribution < -0.4 is 14.8 Å². The van der Waals surface area contributed by atoms with Crippen LogP contribution in [0, 0.1) is 6.92 Å². The lowest BCUT2D eigenvalue weighted by atomic mass is 9.92. The largest absolute Gasteiger partial charge is 0.490 e. The SMILES string of the molecule is CCOc1cc(CC2C(=O)Nc3ccc(C)cc32)cc(Br)c1OCC. The first kappa shape index (κ1) is 17.8. The van der Waals surface area contributed by atoms with Crippen LogP contribution in [0.25, 0.3) is 0 Å². The molecule has 2 aromatic carbocycles. The Morgan fingerprint density at radius 1 is 1.12 bits per heavy atom. The zero-order chi connectivity index (χ0) is 18.0. The summed E-state index contributed by atoms with van der Waals surface area (Å²) in [4.78, 5) is 12.4. The molecule has 4 nitrogen and oxygen atoms in total. The molecule has 1 amide bonds. The number of aryl methyl sites for hydroxylation is 1. The molecule has 0 fully saturated rings. The number of benzene rings is 2. The molecule has 0 saturated heterocycles. The Kier molecular flexibility index (Phi) is 5.33. The van der Waals surface area contributed by atoms with Crippen molar-refractivity contribution >= 4 is 27.5 Å². The molecule has 132 valence electrons. The lowest BCUT2D eigenvalue weighted by molar-refractivity contribution is -0.117. The highest BCUT2D eigenvalue weighted by molar-refractivity contribution is 9.10. The van der Waals surface area contributed by atoms with Gasteiger partial charge < -0.3 is 14.8 Å². The van der Waals surface area contributed by atoms with Crippen molar-refractivity contribution in [3.63, 3.8) is 0 Å². The van der Waals surface area contributed by atoms with Crippen molar-refractivity contribution in [3.05, 3.63) is 51.5 Å². The number of rotatable bonds is 6. The average molecular weight is 404 g/mol. The number of fused-ring (bicyclic) bond motifs is 1. The Balaban J connectivity index is 1.93. The summed E-state index contributed by atoms with van der Waals surface area (Å²) in [6.45, 7) is 7.05. The molecule has 25 heavy (non-hydrogen) atoms. The van der Waals surface area contributed by atoms with Gasteiger partial charge in [0.2, 0.25) is 5.91 Å². The molecule has 0 spiro atoms. The van der Waals surface area contributed by atoms with Crippen molar-refractivity contribution in [2.24, 2.45) is 0 Å². The van der Waals surface area contributed by atoms with E-state index in [2.05, 4.69) is 27.3 Å². The third-order valence-corrected chi connectivity index (χ3v) is 4.84. The van der Waals surface area contributed by atoms with E-state index in [9.17, 15) is 4.79 Å². The van der Waals surface area contributed by atoms with Crippen molar-refractivity contribution in [1.29, 1.82) is 0 Å². The molecule has 1 heterocycles. The van der Waals surface area contributed by atoms with Crippen molar-refractivity contribution in [2.75, 3.05) is 18.5 Å². The standard InChI is InChI=1S/C20H22BrNO3/c1-4-24-18-11-13(10-16(21)19(18)25-5-2)9-15-14-8-12(3)6-7-17(14)22-20(15)23/h6-8,10-11,15H,4-5,9H2,1-3H3,(H,22,23). The number of halogens is 1. The number of anilines is 1. The first-order valence-electron chi connectivity index (χ1n) is 8.52. The molecular formula is C20H22BrNO3. The van der Waals surface area contributed by atoms with E-state index >= 15 is 0 Å². The number of ether oxygens (including phenoxy) is 2. The van der Waals surface area contributed by atoms with Gasteiger partial charge in [-0.25, -0.2) is 0 Å². The molecule has 0 aliphatic carbocycles. The second-order valence-electron chi connectivity index (χ2n) is 6.11. The lowest BCUT2D eigenvalue weighted by Crippen LogP contribution is -2.14. The van der Waals surface area contributed by atoms with Crippen LogP contribution in [0.15, 0.2) is 34.8 Å². The molecule has 0 radical (unpaired) electrons. The minimum absolute atomic E-state index is 0.0450. The van der Waals surface area contributed by atoms with E-state index in [0.717, 1.165) is 26.9 Å². The van der Waals surface area contributed by atoms with E-state index in [0.29, 0.717) is 31.1 Å². The molecule has 0 bridgehead atoms. The summed E-state index contributed by atoms with van der Waals surface area (Å²) in [6.07, 6.45) is 0.618. The number of carbonyl (C=O) groups excluding carboxylic acids is 1. The molecular weight excluding hydrogens is 382 g/mol. The van der Waals surface area contributed by atoms with E-state index in [1.54, 1.807) is 0 Å². The summed E-state index contributed by atoms with van der Waals surface area (Å²) in [5.41, 5.74) is 4.17. The topological polar surface area (TPSA) is 47.6 Å². The number of carbonyl (C=O) groups is 1. The minimum atomic E-state index is -0.186. The Morgan fingerprint density at radius 3 is 2.60 bits per heavy atom. The van der Waals surface area contributed by atoms with Gasteiger partial charge in [0.15, 0.2) is 11.5 Å². The fourth-order valence-electron chi connectivity index (χ4n) is 3.17. The fraction of sp³-hybridized carbons (Fsp3) is 0.350. The van der Waals surface area contributed by atoms with Gasteiger partial charge in [0, 0.05) is 5.69 Å². The third-order valence-electron chi connectivity index (χ3n) is 4.25. The first-order chi connectivity index (χ1) is 12.0. The Morgan fingerprint density at radius 2 is 1.88 bits per heavy atom. The van der Waals surface area contributed by atoms with Crippen molar-refractivity contribution in [3.8, 4) is 11.5 Å². The molecule has 1 unspecified atom stereocenters. The van der Waals surface area contributed by atoms with Crippen molar-refractivity contribution in [2.45, 2.75) is 33.1 Å². The zero-order valence-corrected chi connectivity index (χ0v) is 16.3. The molecule has 0 saturated carbocycles. The van der Waals surface area contributed by atoms with E-state index in [4.69, 9.17) is 9.47 Å². The van der Waals surface area contributed by atoms with Crippen LogP contribution in [-0.4, -0.2) is 19.1 Å². The molecule has 1 N–H and O–H groups in total. The van der Waals surface area contributed by atoms with E-state index in [1.165, 1.54) is 0 Å². The second kappa shape index (κ2) is 7.48. The molecule has 2 aromatic rings. The van der Waals surface area contributed by atoms with Gasteiger partial charge in [-0.15, -0.1) is 0 Å². The van der Waals surface area contributed by atoms with Crippen LogP contribution in [0.4, 0.5) is 5.69 Å². The van der Waals surface area contributed by atoms with Gasteiger partial charge in [-0.1, -0.05) is 17.7 Å². The maximum absolute atomic E-state index is 12.4. The average Bonchev–Trinajstić information content (AvgIpc) is 2.86.